The molecule has 0 unspecified atom stereocenters. The second kappa shape index (κ2) is 7.22. The van der Waals surface area contributed by atoms with Crippen LogP contribution in [0.1, 0.15) is 33.1 Å². The highest BCUT2D eigenvalue weighted by atomic mass is 16.7. The number of rotatable bonds is 7. The van der Waals surface area contributed by atoms with Crippen molar-refractivity contribution in [3.05, 3.63) is 0 Å². The van der Waals surface area contributed by atoms with E-state index in [1.807, 2.05) is 0 Å². The largest absolute Gasteiger partial charge is 0.381 e. The Kier molecular flexibility index (Phi) is 6.28. The zero-order valence-corrected chi connectivity index (χ0v) is 10.7. The quantitative estimate of drug-likeness (QED) is 0.629. The van der Waals surface area contributed by atoms with Gasteiger partial charge in [-0.15, -0.1) is 0 Å². The van der Waals surface area contributed by atoms with Crippen LogP contribution in [0.2, 0.25) is 0 Å². The van der Waals surface area contributed by atoms with Crippen molar-refractivity contribution in [2.45, 2.75) is 45.0 Å². The Morgan fingerprint density at radius 2 is 1.88 bits per heavy atom. The molecule has 0 bridgehead atoms. The topological polar surface area (TPSA) is 36.9 Å². The Bertz CT molecular complexity index is 176. The van der Waals surface area contributed by atoms with E-state index in [0.717, 1.165) is 32.5 Å². The van der Waals surface area contributed by atoms with E-state index in [1.54, 1.807) is 7.11 Å². The number of hydrogen-bond acceptors (Lipinski definition) is 4. The van der Waals surface area contributed by atoms with Gasteiger partial charge in [0, 0.05) is 20.1 Å². The van der Waals surface area contributed by atoms with Crippen molar-refractivity contribution in [1.82, 2.24) is 0 Å². The highest BCUT2D eigenvalue weighted by Crippen LogP contribution is 2.13. The van der Waals surface area contributed by atoms with E-state index in [1.165, 1.54) is 0 Å². The van der Waals surface area contributed by atoms with Gasteiger partial charge in [0.15, 0.2) is 6.29 Å². The van der Waals surface area contributed by atoms with Crippen molar-refractivity contribution >= 4 is 0 Å². The van der Waals surface area contributed by atoms with Gasteiger partial charge in [0.05, 0.1) is 25.4 Å². The molecule has 4 heteroatoms. The molecule has 1 aliphatic rings. The van der Waals surface area contributed by atoms with Crippen LogP contribution in [0, 0.1) is 0 Å². The molecule has 0 aromatic heterocycles. The average molecular weight is 232 g/mol. The molecule has 16 heavy (non-hydrogen) atoms. The first-order valence-electron chi connectivity index (χ1n) is 6.00. The van der Waals surface area contributed by atoms with Crippen molar-refractivity contribution < 1.29 is 18.9 Å². The highest BCUT2D eigenvalue weighted by molar-refractivity contribution is 4.66. The smallest absolute Gasteiger partial charge is 0.159 e. The molecule has 4 nitrogen and oxygen atoms in total. The van der Waals surface area contributed by atoms with Crippen molar-refractivity contribution in [2.24, 2.45) is 0 Å². The lowest BCUT2D eigenvalue weighted by molar-refractivity contribution is -0.186. The Labute approximate surface area is 98.2 Å². The van der Waals surface area contributed by atoms with Gasteiger partial charge in [-0.3, -0.25) is 0 Å². The number of ether oxygens (including phenoxy) is 4. The summed E-state index contributed by atoms with van der Waals surface area (Å²) in [5, 5.41) is 0. The minimum atomic E-state index is -0.0994. The second-order valence-electron chi connectivity index (χ2n) is 4.64. The molecule has 1 fully saturated rings. The first-order valence-corrected chi connectivity index (χ1v) is 6.00. The molecule has 0 amide bonds. The van der Waals surface area contributed by atoms with Gasteiger partial charge in [-0.05, 0) is 26.7 Å². The number of methoxy groups -OCH3 is 1. The predicted molar refractivity (Wildman–Crippen MR) is 61.5 cm³/mol. The Hall–Kier alpha value is -0.160. The van der Waals surface area contributed by atoms with Crippen LogP contribution in [0.5, 0.6) is 0 Å². The summed E-state index contributed by atoms with van der Waals surface area (Å²) < 4.78 is 21.7. The molecule has 0 aromatic rings. The van der Waals surface area contributed by atoms with Gasteiger partial charge in [0.1, 0.15) is 0 Å². The van der Waals surface area contributed by atoms with E-state index in [9.17, 15) is 0 Å². The van der Waals surface area contributed by atoms with E-state index in [0.29, 0.717) is 13.2 Å². The molecule has 0 aromatic carbocycles. The third-order valence-corrected chi connectivity index (χ3v) is 2.80. The van der Waals surface area contributed by atoms with E-state index in [-0.39, 0.29) is 11.9 Å². The number of hydrogen-bond donors (Lipinski definition) is 0. The normalized spacial score (nSPS) is 18.9. The van der Waals surface area contributed by atoms with Crippen LogP contribution in [0.25, 0.3) is 0 Å². The van der Waals surface area contributed by atoms with Crippen LogP contribution in [0.3, 0.4) is 0 Å². The first kappa shape index (κ1) is 13.9. The van der Waals surface area contributed by atoms with Crippen molar-refractivity contribution in [3.8, 4) is 0 Å². The molecule has 0 N–H and O–H groups in total. The van der Waals surface area contributed by atoms with Crippen LogP contribution in [-0.4, -0.2) is 45.4 Å². The molecule has 0 atom stereocenters. The van der Waals surface area contributed by atoms with Crippen LogP contribution >= 0.6 is 0 Å². The minimum absolute atomic E-state index is 0.0656. The lowest BCUT2D eigenvalue weighted by atomic mass is 10.1. The van der Waals surface area contributed by atoms with Crippen molar-refractivity contribution in [2.75, 3.05) is 33.5 Å². The molecule has 0 radical (unpaired) electrons. The van der Waals surface area contributed by atoms with Crippen LogP contribution < -0.4 is 0 Å². The monoisotopic (exact) mass is 232 g/mol. The van der Waals surface area contributed by atoms with Gasteiger partial charge in [0.25, 0.3) is 0 Å². The van der Waals surface area contributed by atoms with Crippen LogP contribution in [0.15, 0.2) is 0 Å². The van der Waals surface area contributed by atoms with Gasteiger partial charge < -0.3 is 18.9 Å². The molecule has 1 saturated heterocycles. The molecule has 0 aliphatic carbocycles. The summed E-state index contributed by atoms with van der Waals surface area (Å²) in [6.45, 7) is 7.13. The average Bonchev–Trinajstić information content (AvgIpc) is 2.30. The van der Waals surface area contributed by atoms with Crippen molar-refractivity contribution in [1.29, 1.82) is 0 Å². The standard InChI is InChI=1S/C12H24O4/c1-12(2,13-3)6-10-14-9-5-11-15-7-4-8-16-11/h11H,4-10H2,1-3H3. The fourth-order valence-corrected chi connectivity index (χ4v) is 1.40. The zero-order chi connectivity index (χ0) is 11.9. The van der Waals surface area contributed by atoms with E-state index in [4.69, 9.17) is 18.9 Å². The van der Waals surface area contributed by atoms with Gasteiger partial charge in [-0.25, -0.2) is 0 Å². The highest BCUT2D eigenvalue weighted by Gasteiger charge is 2.16. The summed E-state index contributed by atoms with van der Waals surface area (Å²) >= 11 is 0. The lowest BCUT2D eigenvalue weighted by Gasteiger charge is -2.24. The zero-order valence-electron chi connectivity index (χ0n) is 10.7. The molecule has 0 saturated carbocycles. The van der Waals surface area contributed by atoms with Crippen LogP contribution in [0.4, 0.5) is 0 Å². The predicted octanol–water partition coefficient (Wildman–Crippen LogP) is 1.97. The summed E-state index contributed by atoms with van der Waals surface area (Å²) in [6, 6.07) is 0. The summed E-state index contributed by atoms with van der Waals surface area (Å²) in [7, 11) is 1.73. The van der Waals surface area contributed by atoms with E-state index < -0.39 is 0 Å². The molecule has 1 aliphatic heterocycles. The maximum Gasteiger partial charge on any atom is 0.159 e. The lowest BCUT2D eigenvalue weighted by Crippen LogP contribution is -2.27. The fourth-order valence-electron chi connectivity index (χ4n) is 1.40. The second-order valence-corrected chi connectivity index (χ2v) is 4.64. The third-order valence-electron chi connectivity index (χ3n) is 2.80. The van der Waals surface area contributed by atoms with Crippen molar-refractivity contribution in [3.63, 3.8) is 0 Å². The Balaban J connectivity index is 1.95. The molecule has 0 spiro atoms. The molecule has 96 valence electrons. The first-order chi connectivity index (χ1) is 7.64. The maximum atomic E-state index is 5.53. The molecule has 1 rings (SSSR count). The van der Waals surface area contributed by atoms with Gasteiger partial charge in [-0.2, -0.15) is 0 Å². The summed E-state index contributed by atoms with van der Waals surface area (Å²) in [5.74, 6) is 0. The van der Waals surface area contributed by atoms with Gasteiger partial charge in [0.2, 0.25) is 0 Å². The maximum absolute atomic E-state index is 5.53. The molecule has 1 heterocycles. The summed E-state index contributed by atoms with van der Waals surface area (Å²) in [4.78, 5) is 0. The molecular formula is C12H24O4. The van der Waals surface area contributed by atoms with E-state index >= 15 is 0 Å². The Morgan fingerprint density at radius 1 is 1.19 bits per heavy atom. The third kappa shape index (κ3) is 5.80. The van der Waals surface area contributed by atoms with Crippen LogP contribution in [-0.2, 0) is 18.9 Å². The van der Waals surface area contributed by atoms with E-state index in [2.05, 4.69) is 13.8 Å². The Morgan fingerprint density at radius 3 is 2.50 bits per heavy atom. The minimum Gasteiger partial charge on any atom is -0.381 e. The molecular weight excluding hydrogens is 208 g/mol. The summed E-state index contributed by atoms with van der Waals surface area (Å²) in [5.41, 5.74) is -0.0994. The van der Waals surface area contributed by atoms with Gasteiger partial charge >= 0.3 is 0 Å². The van der Waals surface area contributed by atoms with Gasteiger partial charge in [-0.1, -0.05) is 0 Å². The summed E-state index contributed by atoms with van der Waals surface area (Å²) in [6.07, 6.45) is 2.65. The SMILES string of the molecule is COC(C)(C)CCOCCC1OCCCO1. The fraction of sp³-hybridized carbons (Fsp3) is 1.00.